The van der Waals surface area contributed by atoms with Crippen molar-refractivity contribution in [3.8, 4) is 0 Å². The second-order valence-corrected chi connectivity index (χ2v) is 6.29. The Kier molecular flexibility index (Phi) is 3.18. The summed E-state index contributed by atoms with van der Waals surface area (Å²) in [6.45, 7) is 2.02. The number of nitrogens with one attached hydrogen (secondary N) is 1. The van der Waals surface area contributed by atoms with E-state index in [0.29, 0.717) is 11.5 Å². The number of nitrogens with zero attached hydrogens (tertiary/aromatic N) is 1. The van der Waals surface area contributed by atoms with E-state index in [1.807, 2.05) is 25.3 Å². The topological polar surface area (TPSA) is 62.2 Å². The molecule has 0 radical (unpaired) electrons. The molecule has 1 aromatic carbocycles. The molecule has 2 aromatic rings. The van der Waals surface area contributed by atoms with Gasteiger partial charge in [-0.05, 0) is 48.1 Å². The van der Waals surface area contributed by atoms with Crippen LogP contribution in [0.1, 0.15) is 45.4 Å². The molecule has 0 amide bonds. The number of pyridine rings is 1. The molecule has 0 saturated heterocycles. The summed E-state index contributed by atoms with van der Waals surface area (Å²) in [7, 11) is 0. The van der Waals surface area contributed by atoms with E-state index in [1.165, 1.54) is 0 Å². The highest BCUT2D eigenvalue weighted by atomic mass is 16.4. The maximum absolute atomic E-state index is 11.7. The second-order valence-electron chi connectivity index (χ2n) is 6.29. The van der Waals surface area contributed by atoms with Crippen LogP contribution in [0.2, 0.25) is 0 Å². The Morgan fingerprint density at radius 1 is 1.35 bits per heavy atom. The Morgan fingerprint density at radius 2 is 2.22 bits per heavy atom. The molecule has 2 aliphatic rings. The number of benzene rings is 1. The van der Waals surface area contributed by atoms with Crippen molar-refractivity contribution < 1.29 is 9.90 Å². The number of carboxylic acids is 1. The van der Waals surface area contributed by atoms with E-state index >= 15 is 0 Å². The predicted octanol–water partition coefficient (Wildman–Crippen LogP) is 3.91. The summed E-state index contributed by atoms with van der Waals surface area (Å²) in [4.78, 5) is 15.9. The number of aryl methyl sites for hydroxylation is 1. The average Bonchev–Trinajstić information content (AvgIpc) is 3.05. The monoisotopic (exact) mass is 306 g/mol. The Bertz CT molecular complexity index is 799. The van der Waals surface area contributed by atoms with Crippen LogP contribution >= 0.6 is 0 Å². The fraction of sp³-hybridized carbons (Fsp3) is 0.263. The predicted molar refractivity (Wildman–Crippen MR) is 88.7 cm³/mol. The van der Waals surface area contributed by atoms with Crippen LogP contribution in [0, 0.1) is 12.8 Å². The number of anilines is 1. The lowest BCUT2D eigenvalue weighted by atomic mass is 9.75. The molecule has 1 aliphatic carbocycles. The minimum Gasteiger partial charge on any atom is -0.478 e. The van der Waals surface area contributed by atoms with Gasteiger partial charge >= 0.3 is 5.97 Å². The quantitative estimate of drug-likeness (QED) is 0.826. The van der Waals surface area contributed by atoms with Crippen LogP contribution < -0.4 is 5.32 Å². The van der Waals surface area contributed by atoms with Gasteiger partial charge in [-0.3, -0.25) is 4.98 Å². The van der Waals surface area contributed by atoms with Crippen LogP contribution in [0.25, 0.3) is 0 Å². The van der Waals surface area contributed by atoms with E-state index in [9.17, 15) is 9.90 Å². The third-order valence-corrected chi connectivity index (χ3v) is 5.00. The number of hydrogen-bond donors (Lipinski definition) is 2. The molecule has 1 aromatic heterocycles. The van der Waals surface area contributed by atoms with Crippen molar-refractivity contribution in [2.75, 3.05) is 5.32 Å². The Balaban J connectivity index is 1.89. The van der Waals surface area contributed by atoms with Gasteiger partial charge in [-0.1, -0.05) is 24.3 Å². The molecule has 1 aliphatic heterocycles. The van der Waals surface area contributed by atoms with Crippen molar-refractivity contribution in [1.82, 2.24) is 4.98 Å². The third kappa shape index (κ3) is 2.13. The van der Waals surface area contributed by atoms with Gasteiger partial charge in [0.25, 0.3) is 0 Å². The summed E-state index contributed by atoms with van der Waals surface area (Å²) in [5, 5.41) is 13.2. The normalized spacial score (nSPS) is 24.7. The molecule has 0 unspecified atom stereocenters. The van der Waals surface area contributed by atoms with Crippen molar-refractivity contribution >= 4 is 11.7 Å². The van der Waals surface area contributed by atoms with Crippen LogP contribution in [0.5, 0.6) is 0 Å². The Morgan fingerprint density at radius 3 is 2.96 bits per heavy atom. The number of hydrogen-bond acceptors (Lipinski definition) is 3. The molecular formula is C19H18N2O2. The number of fused-ring (bicyclic) bond motifs is 3. The summed E-state index contributed by atoms with van der Waals surface area (Å²) in [5.74, 6) is -0.393. The fourth-order valence-electron chi connectivity index (χ4n) is 3.93. The fourth-order valence-corrected chi connectivity index (χ4v) is 3.93. The van der Waals surface area contributed by atoms with Gasteiger partial charge in [-0.2, -0.15) is 0 Å². The van der Waals surface area contributed by atoms with Crippen LogP contribution in [0.4, 0.5) is 5.69 Å². The molecule has 23 heavy (non-hydrogen) atoms. The molecule has 3 atom stereocenters. The highest BCUT2D eigenvalue weighted by molar-refractivity contribution is 5.93. The zero-order valence-electron chi connectivity index (χ0n) is 12.9. The van der Waals surface area contributed by atoms with Crippen LogP contribution in [-0.4, -0.2) is 16.1 Å². The van der Waals surface area contributed by atoms with Crippen LogP contribution in [0.15, 0.2) is 48.8 Å². The number of rotatable bonds is 2. The summed E-state index contributed by atoms with van der Waals surface area (Å²) >= 11 is 0. The van der Waals surface area contributed by atoms with Crippen LogP contribution in [0.3, 0.4) is 0 Å². The van der Waals surface area contributed by atoms with E-state index in [1.54, 1.807) is 12.3 Å². The van der Waals surface area contributed by atoms with Gasteiger partial charge in [-0.15, -0.1) is 0 Å². The summed E-state index contributed by atoms with van der Waals surface area (Å²) in [6.07, 6.45) is 8.96. The van der Waals surface area contributed by atoms with Gasteiger partial charge in [0.2, 0.25) is 0 Å². The van der Waals surface area contributed by atoms with Crippen molar-refractivity contribution in [2.45, 2.75) is 25.3 Å². The summed E-state index contributed by atoms with van der Waals surface area (Å²) in [6, 6.07) is 7.80. The van der Waals surface area contributed by atoms with Gasteiger partial charge < -0.3 is 10.4 Å². The average molecular weight is 306 g/mol. The van der Waals surface area contributed by atoms with E-state index in [4.69, 9.17) is 0 Å². The van der Waals surface area contributed by atoms with E-state index in [0.717, 1.165) is 28.8 Å². The number of carbonyl (C=O) groups is 1. The van der Waals surface area contributed by atoms with Crippen molar-refractivity contribution in [1.29, 1.82) is 0 Å². The number of carboxylic acid groups (broad SMARTS) is 1. The molecule has 116 valence electrons. The molecule has 2 heterocycles. The van der Waals surface area contributed by atoms with Gasteiger partial charge in [0.15, 0.2) is 0 Å². The molecule has 0 bridgehead atoms. The van der Waals surface area contributed by atoms with E-state index in [2.05, 4.69) is 28.5 Å². The first-order valence-corrected chi connectivity index (χ1v) is 7.86. The number of allylic oxidation sites excluding steroid dienone is 2. The highest BCUT2D eigenvalue weighted by Gasteiger charge is 2.40. The highest BCUT2D eigenvalue weighted by Crippen LogP contribution is 2.51. The van der Waals surface area contributed by atoms with Crippen molar-refractivity contribution in [3.63, 3.8) is 0 Å². The van der Waals surface area contributed by atoms with Gasteiger partial charge in [0.05, 0.1) is 11.6 Å². The smallest absolute Gasteiger partial charge is 0.336 e. The van der Waals surface area contributed by atoms with Gasteiger partial charge in [0, 0.05) is 24.0 Å². The maximum atomic E-state index is 11.7. The van der Waals surface area contributed by atoms with E-state index in [-0.39, 0.29) is 12.0 Å². The standard InChI is InChI=1S/C19H18N2O2/c1-11-7-8-15(19(22)23)16-13-5-2-6-14(13)18(21-17(11)16)12-4-3-9-20-10-12/h2-5,7-10,13-14,18,21H,6H2,1H3,(H,22,23)/t13-,14-,18+/m0/s1. The van der Waals surface area contributed by atoms with Gasteiger partial charge in [0.1, 0.15) is 0 Å². The van der Waals surface area contributed by atoms with E-state index < -0.39 is 5.97 Å². The molecule has 0 spiro atoms. The molecule has 4 rings (SSSR count). The first kappa shape index (κ1) is 14.0. The largest absolute Gasteiger partial charge is 0.478 e. The van der Waals surface area contributed by atoms with Crippen LogP contribution in [-0.2, 0) is 0 Å². The minimum absolute atomic E-state index is 0.141. The molecule has 0 saturated carbocycles. The lowest BCUT2D eigenvalue weighted by Crippen LogP contribution is -2.31. The molecular weight excluding hydrogens is 288 g/mol. The molecule has 2 N–H and O–H groups in total. The Hall–Kier alpha value is -2.62. The first-order chi connectivity index (χ1) is 11.2. The number of aromatic nitrogens is 1. The third-order valence-electron chi connectivity index (χ3n) is 5.00. The molecule has 4 nitrogen and oxygen atoms in total. The molecule has 4 heteroatoms. The lowest BCUT2D eigenvalue weighted by Gasteiger charge is -2.38. The minimum atomic E-state index is -0.859. The zero-order valence-corrected chi connectivity index (χ0v) is 12.9. The Labute approximate surface area is 134 Å². The second kappa shape index (κ2) is 5.23. The SMILES string of the molecule is Cc1ccc(C(=O)O)c2c1N[C@H](c1cccnc1)[C@H]1CC=C[C@H]21. The zero-order chi connectivity index (χ0) is 16.0. The van der Waals surface area contributed by atoms with Crippen molar-refractivity contribution in [2.24, 2.45) is 5.92 Å². The molecule has 0 fully saturated rings. The van der Waals surface area contributed by atoms with Gasteiger partial charge in [-0.25, -0.2) is 4.79 Å². The number of aromatic carboxylic acids is 1. The maximum Gasteiger partial charge on any atom is 0.336 e. The summed E-state index contributed by atoms with van der Waals surface area (Å²) < 4.78 is 0. The summed E-state index contributed by atoms with van der Waals surface area (Å²) in [5.41, 5.74) is 4.53. The van der Waals surface area contributed by atoms with Crippen molar-refractivity contribution in [3.05, 3.63) is 71.1 Å². The first-order valence-electron chi connectivity index (χ1n) is 7.86. The lowest BCUT2D eigenvalue weighted by molar-refractivity contribution is 0.0695.